The summed E-state index contributed by atoms with van der Waals surface area (Å²) in [6.07, 6.45) is -0.114. The summed E-state index contributed by atoms with van der Waals surface area (Å²) in [5.41, 5.74) is 7.13. The van der Waals surface area contributed by atoms with Crippen LogP contribution in [0.4, 0.5) is 0 Å². The lowest BCUT2D eigenvalue weighted by Crippen LogP contribution is -2.33. The monoisotopic (exact) mass is 378 g/mol. The van der Waals surface area contributed by atoms with E-state index in [9.17, 15) is 9.59 Å². The highest BCUT2D eigenvalue weighted by Gasteiger charge is 2.24. The van der Waals surface area contributed by atoms with Gasteiger partial charge >= 0.3 is 0 Å². The fraction of sp³-hybridized carbons (Fsp3) is 0.267. The molecule has 23 heavy (non-hydrogen) atoms. The van der Waals surface area contributed by atoms with Crippen molar-refractivity contribution < 1.29 is 14.3 Å². The van der Waals surface area contributed by atoms with Crippen LogP contribution in [0.15, 0.2) is 34.8 Å². The Morgan fingerprint density at radius 3 is 2.83 bits per heavy atom. The Bertz CT molecular complexity index is 742. The molecular weight excluding hydrogens is 364 g/mol. The van der Waals surface area contributed by atoms with E-state index in [0.29, 0.717) is 13.2 Å². The first kappa shape index (κ1) is 15.7. The highest BCUT2D eigenvalue weighted by atomic mass is 79.9. The van der Waals surface area contributed by atoms with Gasteiger partial charge in [0.1, 0.15) is 6.10 Å². The molecule has 2 amide bonds. The number of hydrogen-bond acceptors (Lipinski definition) is 4. The number of primary amides is 1. The van der Waals surface area contributed by atoms with Crippen molar-refractivity contribution in [1.29, 1.82) is 0 Å². The predicted molar refractivity (Wildman–Crippen MR) is 85.4 cm³/mol. The minimum absolute atomic E-state index is 0.114. The fourth-order valence-corrected chi connectivity index (χ4v) is 2.64. The van der Waals surface area contributed by atoms with Gasteiger partial charge in [-0.3, -0.25) is 14.3 Å². The molecule has 2 aromatic rings. The minimum atomic E-state index is -0.596. The number of nitrogens with one attached hydrogen (secondary N) is 1. The fourth-order valence-electron chi connectivity index (χ4n) is 2.37. The lowest BCUT2D eigenvalue weighted by Gasteiger charge is -2.24. The third-order valence-corrected chi connectivity index (χ3v) is 4.06. The second-order valence-electron chi connectivity index (χ2n) is 5.20. The summed E-state index contributed by atoms with van der Waals surface area (Å²) in [7, 11) is 0. The zero-order valence-corrected chi connectivity index (χ0v) is 13.7. The summed E-state index contributed by atoms with van der Waals surface area (Å²) in [4.78, 5) is 22.6. The normalized spacial score (nSPS) is 16.7. The molecule has 0 aliphatic carbocycles. The number of nitrogens with two attached hydrogens (primary N) is 1. The van der Waals surface area contributed by atoms with Gasteiger partial charge in [0.15, 0.2) is 5.69 Å². The van der Waals surface area contributed by atoms with Crippen molar-refractivity contribution in [3.05, 3.63) is 51.8 Å². The molecule has 8 heteroatoms. The molecule has 2 heterocycles. The van der Waals surface area contributed by atoms with Crippen LogP contribution in [0.5, 0.6) is 0 Å². The number of nitrogens with zero attached hydrogens (tertiary/aromatic N) is 2. The zero-order valence-electron chi connectivity index (χ0n) is 12.2. The van der Waals surface area contributed by atoms with E-state index in [4.69, 9.17) is 10.5 Å². The standard InChI is InChI=1S/C15H15BrN4O3/c16-10-3-1-9(2-4-10)13-7-20-11(8-23-13)5-12(19-20)15(22)18-6-14(17)21/h1-5,13H,6-8H2,(H2,17,21)(H,18,22). The molecule has 0 fully saturated rings. The highest BCUT2D eigenvalue weighted by molar-refractivity contribution is 9.10. The van der Waals surface area contributed by atoms with Crippen LogP contribution in [-0.4, -0.2) is 28.1 Å². The number of hydrogen-bond donors (Lipinski definition) is 2. The number of halogens is 1. The molecule has 0 saturated carbocycles. The maximum Gasteiger partial charge on any atom is 0.272 e. The Morgan fingerprint density at radius 1 is 1.39 bits per heavy atom. The largest absolute Gasteiger partial charge is 0.368 e. The molecule has 120 valence electrons. The minimum Gasteiger partial charge on any atom is -0.368 e. The highest BCUT2D eigenvalue weighted by Crippen LogP contribution is 2.27. The number of carbonyl (C=O) groups is 2. The van der Waals surface area contributed by atoms with E-state index in [2.05, 4.69) is 26.3 Å². The van der Waals surface area contributed by atoms with E-state index in [1.54, 1.807) is 10.7 Å². The second kappa shape index (κ2) is 6.51. The van der Waals surface area contributed by atoms with Crippen molar-refractivity contribution in [2.45, 2.75) is 19.3 Å². The molecule has 1 aromatic carbocycles. The summed E-state index contributed by atoms with van der Waals surface area (Å²) in [5.74, 6) is -1.02. The molecule has 0 bridgehead atoms. The number of ether oxygens (including phenoxy) is 1. The predicted octanol–water partition coefficient (Wildman–Crippen LogP) is 1.13. The average Bonchev–Trinajstić information content (AvgIpc) is 2.96. The molecule has 3 rings (SSSR count). The van der Waals surface area contributed by atoms with Crippen LogP contribution in [0.3, 0.4) is 0 Å². The van der Waals surface area contributed by atoms with E-state index in [0.717, 1.165) is 15.7 Å². The first-order chi connectivity index (χ1) is 11.0. The molecule has 1 aliphatic heterocycles. The number of rotatable bonds is 4. The maximum absolute atomic E-state index is 11.9. The zero-order chi connectivity index (χ0) is 16.4. The van der Waals surface area contributed by atoms with Crippen LogP contribution in [-0.2, 0) is 22.7 Å². The first-order valence-corrected chi connectivity index (χ1v) is 7.82. The van der Waals surface area contributed by atoms with Gasteiger partial charge in [-0.1, -0.05) is 28.1 Å². The summed E-state index contributed by atoms with van der Waals surface area (Å²) in [6, 6.07) is 9.56. The SMILES string of the molecule is NC(=O)CNC(=O)c1cc2n(n1)CC(c1ccc(Br)cc1)OC2. The van der Waals surface area contributed by atoms with Crippen LogP contribution in [0.25, 0.3) is 0 Å². The summed E-state index contributed by atoms with van der Waals surface area (Å²) >= 11 is 3.40. The molecule has 1 atom stereocenters. The lowest BCUT2D eigenvalue weighted by molar-refractivity contribution is -0.117. The molecule has 1 aliphatic rings. The molecule has 0 spiro atoms. The van der Waals surface area contributed by atoms with E-state index in [-0.39, 0.29) is 18.3 Å². The maximum atomic E-state index is 11.9. The Morgan fingerprint density at radius 2 is 2.13 bits per heavy atom. The van der Waals surface area contributed by atoms with Crippen molar-refractivity contribution in [2.24, 2.45) is 5.73 Å². The van der Waals surface area contributed by atoms with Gasteiger partial charge in [-0.25, -0.2) is 0 Å². The van der Waals surface area contributed by atoms with Gasteiger partial charge in [0.2, 0.25) is 5.91 Å². The van der Waals surface area contributed by atoms with Gasteiger partial charge < -0.3 is 15.8 Å². The van der Waals surface area contributed by atoms with Gasteiger partial charge in [-0.15, -0.1) is 0 Å². The molecule has 1 unspecified atom stereocenters. The van der Waals surface area contributed by atoms with Gasteiger partial charge in [0.25, 0.3) is 5.91 Å². The lowest BCUT2D eigenvalue weighted by atomic mass is 10.1. The van der Waals surface area contributed by atoms with Crippen LogP contribution in [0.2, 0.25) is 0 Å². The van der Waals surface area contributed by atoms with Crippen molar-refractivity contribution in [3.63, 3.8) is 0 Å². The molecule has 7 nitrogen and oxygen atoms in total. The quantitative estimate of drug-likeness (QED) is 0.832. The summed E-state index contributed by atoms with van der Waals surface area (Å²) in [6.45, 7) is 0.690. The van der Waals surface area contributed by atoms with E-state index in [1.165, 1.54) is 0 Å². The van der Waals surface area contributed by atoms with Gasteiger partial charge in [0, 0.05) is 4.47 Å². The Kier molecular flexibility index (Phi) is 4.44. The van der Waals surface area contributed by atoms with Gasteiger partial charge in [-0.05, 0) is 23.8 Å². The van der Waals surface area contributed by atoms with E-state index >= 15 is 0 Å². The Balaban J connectivity index is 1.72. The summed E-state index contributed by atoms with van der Waals surface area (Å²) < 4.78 is 8.60. The van der Waals surface area contributed by atoms with Gasteiger partial charge in [-0.2, -0.15) is 5.10 Å². The average molecular weight is 379 g/mol. The van der Waals surface area contributed by atoms with Crippen LogP contribution in [0, 0.1) is 0 Å². The Hall–Kier alpha value is -2.19. The number of amides is 2. The van der Waals surface area contributed by atoms with Crippen LogP contribution >= 0.6 is 15.9 Å². The van der Waals surface area contributed by atoms with E-state index < -0.39 is 11.8 Å². The van der Waals surface area contributed by atoms with Crippen LogP contribution in [0.1, 0.15) is 27.8 Å². The molecule has 3 N–H and O–H groups in total. The second-order valence-corrected chi connectivity index (χ2v) is 6.12. The molecule has 0 radical (unpaired) electrons. The van der Waals surface area contributed by atoms with Crippen molar-refractivity contribution in [2.75, 3.05) is 6.54 Å². The van der Waals surface area contributed by atoms with Crippen molar-refractivity contribution in [3.8, 4) is 0 Å². The Labute approximate surface area is 140 Å². The van der Waals surface area contributed by atoms with Crippen molar-refractivity contribution in [1.82, 2.24) is 15.1 Å². The number of carbonyl (C=O) groups excluding carboxylic acids is 2. The topological polar surface area (TPSA) is 99.2 Å². The smallest absolute Gasteiger partial charge is 0.272 e. The number of benzene rings is 1. The number of aromatic nitrogens is 2. The number of fused-ring (bicyclic) bond motifs is 1. The van der Waals surface area contributed by atoms with Gasteiger partial charge in [0.05, 0.1) is 25.4 Å². The molecule has 1 aromatic heterocycles. The third-order valence-electron chi connectivity index (χ3n) is 3.53. The molecular formula is C15H15BrN4O3. The molecule has 0 saturated heterocycles. The third kappa shape index (κ3) is 3.59. The van der Waals surface area contributed by atoms with Crippen molar-refractivity contribution >= 4 is 27.7 Å². The van der Waals surface area contributed by atoms with Crippen LogP contribution < -0.4 is 11.1 Å². The van der Waals surface area contributed by atoms with E-state index in [1.807, 2.05) is 24.3 Å². The first-order valence-electron chi connectivity index (χ1n) is 7.03. The summed E-state index contributed by atoms with van der Waals surface area (Å²) in [5, 5.41) is 6.71.